The topological polar surface area (TPSA) is 0 Å². The minimum Gasteiger partial charge on any atom is -0.120 e. The minimum atomic E-state index is 0.553. The van der Waals surface area contributed by atoms with Crippen LogP contribution in [0.15, 0.2) is 0 Å². The fourth-order valence-electron chi connectivity index (χ4n) is 2.83. The van der Waals surface area contributed by atoms with Gasteiger partial charge in [0.1, 0.15) is 0 Å². The predicted octanol–water partition coefficient (Wildman–Crippen LogP) is 7.13. The molecular weight excluding hydrogens is 240 g/mol. The van der Waals surface area contributed by atoms with Crippen molar-refractivity contribution in [3.05, 3.63) is 0 Å². The molecule has 20 heavy (non-hydrogen) atoms. The van der Waals surface area contributed by atoms with E-state index in [-0.39, 0.29) is 0 Å². The summed E-state index contributed by atoms with van der Waals surface area (Å²) in [5.41, 5.74) is 0. The lowest BCUT2D eigenvalue weighted by molar-refractivity contribution is 0.475. The van der Waals surface area contributed by atoms with Crippen LogP contribution in [0, 0.1) is 18.3 Å². The third-order valence-electron chi connectivity index (χ3n) is 4.30. The molecular formula is C20H38. The first-order valence-electron chi connectivity index (χ1n) is 9.31. The van der Waals surface area contributed by atoms with Crippen LogP contribution in [0.25, 0.3) is 0 Å². The summed E-state index contributed by atoms with van der Waals surface area (Å²) in [6.07, 6.45) is 26.2. The normalized spacial score (nSPS) is 12.2. The SMILES string of the molecule is C#CC(CCCCCCCC)CCCCCCCCC. The van der Waals surface area contributed by atoms with Gasteiger partial charge in [-0.25, -0.2) is 0 Å². The first kappa shape index (κ1) is 19.6. The smallest absolute Gasteiger partial charge is 0.0200 e. The summed E-state index contributed by atoms with van der Waals surface area (Å²) in [4.78, 5) is 0. The zero-order chi connectivity index (χ0) is 14.9. The van der Waals surface area contributed by atoms with Gasteiger partial charge in [-0.15, -0.1) is 12.3 Å². The average Bonchev–Trinajstić information content (AvgIpc) is 2.47. The molecule has 0 aliphatic carbocycles. The van der Waals surface area contributed by atoms with E-state index in [0.29, 0.717) is 5.92 Å². The highest BCUT2D eigenvalue weighted by molar-refractivity contribution is 4.92. The Morgan fingerprint density at radius 3 is 1.30 bits per heavy atom. The molecule has 0 saturated carbocycles. The summed E-state index contributed by atoms with van der Waals surface area (Å²) in [6.45, 7) is 4.55. The highest BCUT2D eigenvalue weighted by Gasteiger charge is 2.04. The van der Waals surface area contributed by atoms with E-state index in [1.807, 2.05) is 0 Å². The Balaban J connectivity index is 3.32. The molecule has 0 amide bonds. The highest BCUT2D eigenvalue weighted by atomic mass is 14.1. The fraction of sp³-hybridized carbons (Fsp3) is 0.900. The maximum Gasteiger partial charge on any atom is 0.0200 e. The number of unbranched alkanes of at least 4 members (excludes halogenated alkanes) is 11. The fourth-order valence-corrected chi connectivity index (χ4v) is 2.83. The molecule has 0 nitrogen and oxygen atoms in total. The Hall–Kier alpha value is -0.440. The third-order valence-corrected chi connectivity index (χ3v) is 4.30. The third kappa shape index (κ3) is 14.0. The van der Waals surface area contributed by atoms with Gasteiger partial charge in [0, 0.05) is 5.92 Å². The van der Waals surface area contributed by atoms with Crippen molar-refractivity contribution in [2.75, 3.05) is 0 Å². The van der Waals surface area contributed by atoms with E-state index >= 15 is 0 Å². The van der Waals surface area contributed by atoms with Gasteiger partial charge in [0.15, 0.2) is 0 Å². The van der Waals surface area contributed by atoms with E-state index in [1.165, 1.54) is 96.3 Å². The first-order chi connectivity index (χ1) is 9.85. The molecule has 0 bridgehead atoms. The maximum absolute atomic E-state index is 5.67. The summed E-state index contributed by atoms with van der Waals surface area (Å²) >= 11 is 0. The molecule has 0 aromatic heterocycles. The van der Waals surface area contributed by atoms with Crippen LogP contribution in [0.3, 0.4) is 0 Å². The van der Waals surface area contributed by atoms with Crippen molar-refractivity contribution in [2.24, 2.45) is 5.92 Å². The monoisotopic (exact) mass is 278 g/mol. The summed E-state index contributed by atoms with van der Waals surface area (Å²) in [7, 11) is 0. The van der Waals surface area contributed by atoms with E-state index in [1.54, 1.807) is 0 Å². The molecule has 1 unspecified atom stereocenters. The van der Waals surface area contributed by atoms with Crippen molar-refractivity contribution in [3.63, 3.8) is 0 Å². The Labute approximate surface area is 129 Å². The molecule has 0 saturated heterocycles. The second-order valence-electron chi connectivity index (χ2n) is 6.33. The van der Waals surface area contributed by atoms with Crippen LogP contribution in [0.1, 0.15) is 110 Å². The molecule has 0 radical (unpaired) electrons. The van der Waals surface area contributed by atoms with Crippen molar-refractivity contribution in [1.29, 1.82) is 0 Å². The van der Waals surface area contributed by atoms with Crippen molar-refractivity contribution in [1.82, 2.24) is 0 Å². The Kier molecular flexibility index (Phi) is 16.2. The maximum atomic E-state index is 5.67. The van der Waals surface area contributed by atoms with E-state index in [2.05, 4.69) is 19.8 Å². The zero-order valence-electron chi connectivity index (χ0n) is 14.3. The molecule has 0 aromatic carbocycles. The average molecular weight is 279 g/mol. The molecule has 0 heteroatoms. The Morgan fingerprint density at radius 2 is 0.950 bits per heavy atom. The van der Waals surface area contributed by atoms with Gasteiger partial charge in [-0.3, -0.25) is 0 Å². The summed E-state index contributed by atoms with van der Waals surface area (Å²) in [5, 5.41) is 0. The second-order valence-corrected chi connectivity index (χ2v) is 6.33. The van der Waals surface area contributed by atoms with Gasteiger partial charge in [0.05, 0.1) is 0 Å². The molecule has 0 fully saturated rings. The minimum absolute atomic E-state index is 0.553. The van der Waals surface area contributed by atoms with Gasteiger partial charge >= 0.3 is 0 Å². The van der Waals surface area contributed by atoms with Crippen LogP contribution in [0.2, 0.25) is 0 Å². The summed E-state index contributed by atoms with van der Waals surface area (Å²) in [6, 6.07) is 0. The van der Waals surface area contributed by atoms with Gasteiger partial charge in [-0.1, -0.05) is 97.3 Å². The Bertz CT molecular complexity index is 211. The molecule has 0 heterocycles. The van der Waals surface area contributed by atoms with Crippen molar-refractivity contribution in [3.8, 4) is 12.3 Å². The zero-order valence-corrected chi connectivity index (χ0v) is 14.3. The lowest BCUT2D eigenvalue weighted by Crippen LogP contribution is -1.97. The Morgan fingerprint density at radius 1 is 0.600 bits per heavy atom. The molecule has 0 aromatic rings. The summed E-state index contributed by atoms with van der Waals surface area (Å²) < 4.78 is 0. The van der Waals surface area contributed by atoms with Crippen LogP contribution >= 0.6 is 0 Å². The molecule has 0 aliphatic heterocycles. The van der Waals surface area contributed by atoms with Crippen LogP contribution in [-0.4, -0.2) is 0 Å². The van der Waals surface area contributed by atoms with Crippen LogP contribution in [0.4, 0.5) is 0 Å². The number of rotatable bonds is 15. The van der Waals surface area contributed by atoms with Crippen LogP contribution in [0.5, 0.6) is 0 Å². The first-order valence-corrected chi connectivity index (χ1v) is 9.31. The van der Waals surface area contributed by atoms with E-state index in [0.717, 1.165) is 0 Å². The number of hydrogen-bond acceptors (Lipinski definition) is 0. The van der Waals surface area contributed by atoms with Gasteiger partial charge in [-0.2, -0.15) is 0 Å². The molecule has 0 rings (SSSR count). The lowest BCUT2D eigenvalue weighted by Gasteiger charge is -2.10. The molecule has 0 N–H and O–H groups in total. The van der Waals surface area contributed by atoms with Crippen LogP contribution < -0.4 is 0 Å². The van der Waals surface area contributed by atoms with Crippen LogP contribution in [-0.2, 0) is 0 Å². The number of terminal acetylenes is 1. The molecule has 118 valence electrons. The lowest BCUT2D eigenvalue weighted by atomic mass is 9.95. The van der Waals surface area contributed by atoms with Gasteiger partial charge in [0.2, 0.25) is 0 Å². The largest absolute Gasteiger partial charge is 0.120 e. The van der Waals surface area contributed by atoms with Gasteiger partial charge in [0.25, 0.3) is 0 Å². The summed E-state index contributed by atoms with van der Waals surface area (Å²) in [5.74, 6) is 3.57. The standard InChI is InChI=1S/C20H38/c1-4-7-9-11-13-15-17-19-20(6-3)18-16-14-12-10-8-5-2/h3,20H,4-5,7-19H2,1-2H3. The van der Waals surface area contributed by atoms with Gasteiger partial charge < -0.3 is 0 Å². The second kappa shape index (κ2) is 16.6. The predicted molar refractivity (Wildman–Crippen MR) is 92.9 cm³/mol. The highest BCUT2D eigenvalue weighted by Crippen LogP contribution is 2.18. The van der Waals surface area contributed by atoms with Crippen molar-refractivity contribution >= 4 is 0 Å². The molecule has 0 aliphatic rings. The van der Waals surface area contributed by atoms with Crippen molar-refractivity contribution in [2.45, 2.75) is 110 Å². The molecule has 1 atom stereocenters. The molecule has 0 spiro atoms. The van der Waals surface area contributed by atoms with Gasteiger partial charge in [-0.05, 0) is 12.8 Å². The van der Waals surface area contributed by atoms with E-state index in [4.69, 9.17) is 6.42 Å². The quantitative estimate of drug-likeness (QED) is 0.221. The number of hydrogen-bond donors (Lipinski definition) is 0. The van der Waals surface area contributed by atoms with Crippen molar-refractivity contribution < 1.29 is 0 Å². The van der Waals surface area contributed by atoms with E-state index in [9.17, 15) is 0 Å². The van der Waals surface area contributed by atoms with E-state index < -0.39 is 0 Å².